The fourth-order valence-electron chi connectivity index (χ4n) is 1.87. The van der Waals surface area contributed by atoms with Gasteiger partial charge in [-0.25, -0.2) is 0 Å². The highest BCUT2D eigenvalue weighted by atomic mass is 16.5. The molecule has 0 spiro atoms. The number of ether oxygens (including phenoxy) is 1. The third kappa shape index (κ3) is 3.70. The van der Waals surface area contributed by atoms with Crippen molar-refractivity contribution in [3.05, 3.63) is 42.5 Å². The van der Waals surface area contributed by atoms with Crippen LogP contribution in [0.1, 0.15) is 18.9 Å². The molecule has 1 rings (SSSR count). The van der Waals surface area contributed by atoms with Gasteiger partial charge in [0.1, 0.15) is 5.75 Å². The molecule has 0 heterocycles. The second-order valence-corrected chi connectivity index (χ2v) is 3.79. The van der Waals surface area contributed by atoms with Gasteiger partial charge in [-0.05, 0) is 31.0 Å². The van der Waals surface area contributed by atoms with Crippen LogP contribution in [0, 0.1) is 0 Å². The molecule has 0 fully saturated rings. The van der Waals surface area contributed by atoms with E-state index in [0.717, 1.165) is 25.1 Å². The fraction of sp³-hybridized carbons (Fsp3) is 0.429. The fourth-order valence-corrected chi connectivity index (χ4v) is 1.87. The Morgan fingerprint density at radius 2 is 2.19 bits per heavy atom. The van der Waals surface area contributed by atoms with Crippen molar-refractivity contribution in [2.45, 2.75) is 25.8 Å². The predicted octanol–water partition coefficient (Wildman–Crippen LogP) is 2.79. The van der Waals surface area contributed by atoms with Gasteiger partial charge >= 0.3 is 0 Å². The van der Waals surface area contributed by atoms with Crippen LogP contribution in [0.3, 0.4) is 0 Å². The molecule has 16 heavy (non-hydrogen) atoms. The lowest BCUT2D eigenvalue weighted by Gasteiger charge is -2.17. The second-order valence-electron chi connectivity index (χ2n) is 3.79. The number of hydrogen-bond donors (Lipinski definition) is 1. The van der Waals surface area contributed by atoms with Crippen LogP contribution < -0.4 is 10.1 Å². The van der Waals surface area contributed by atoms with Gasteiger partial charge < -0.3 is 10.1 Å². The zero-order chi connectivity index (χ0) is 11.8. The van der Waals surface area contributed by atoms with E-state index in [-0.39, 0.29) is 0 Å². The molecule has 0 aliphatic heterocycles. The predicted molar refractivity (Wildman–Crippen MR) is 69.0 cm³/mol. The summed E-state index contributed by atoms with van der Waals surface area (Å²) in [5, 5.41) is 3.46. The van der Waals surface area contributed by atoms with Crippen LogP contribution in [0.5, 0.6) is 5.75 Å². The van der Waals surface area contributed by atoms with Gasteiger partial charge in [0.25, 0.3) is 0 Å². The summed E-state index contributed by atoms with van der Waals surface area (Å²) < 4.78 is 5.35. The Kier molecular flexibility index (Phi) is 5.65. The van der Waals surface area contributed by atoms with E-state index in [1.807, 2.05) is 18.2 Å². The smallest absolute Gasteiger partial charge is 0.122 e. The summed E-state index contributed by atoms with van der Waals surface area (Å²) in [6.07, 6.45) is 3.92. The summed E-state index contributed by atoms with van der Waals surface area (Å²) in [4.78, 5) is 0. The van der Waals surface area contributed by atoms with Crippen molar-refractivity contribution < 1.29 is 4.74 Å². The molecule has 1 aromatic rings. The standard InChI is InChI=1S/C14H21NO/c1-4-8-13(15-5-2)11-12-9-6-7-10-14(12)16-3/h4,6-7,9-10,13,15H,1,5,8,11H2,2-3H3. The van der Waals surface area contributed by atoms with Crippen LogP contribution in [0.15, 0.2) is 36.9 Å². The Morgan fingerprint density at radius 1 is 1.44 bits per heavy atom. The van der Waals surface area contributed by atoms with E-state index < -0.39 is 0 Å². The Hall–Kier alpha value is -1.28. The lowest BCUT2D eigenvalue weighted by atomic mass is 10.0. The van der Waals surface area contributed by atoms with Gasteiger partial charge in [0, 0.05) is 6.04 Å². The lowest BCUT2D eigenvalue weighted by molar-refractivity contribution is 0.405. The molecule has 0 saturated heterocycles. The highest BCUT2D eigenvalue weighted by molar-refractivity contribution is 5.33. The van der Waals surface area contributed by atoms with Crippen molar-refractivity contribution in [1.29, 1.82) is 0 Å². The summed E-state index contributed by atoms with van der Waals surface area (Å²) in [5.74, 6) is 0.967. The van der Waals surface area contributed by atoms with Crippen LogP contribution in [0.4, 0.5) is 0 Å². The zero-order valence-electron chi connectivity index (χ0n) is 10.2. The molecule has 1 atom stereocenters. The number of benzene rings is 1. The first-order valence-electron chi connectivity index (χ1n) is 5.78. The van der Waals surface area contributed by atoms with Crippen molar-refractivity contribution in [2.75, 3.05) is 13.7 Å². The zero-order valence-corrected chi connectivity index (χ0v) is 10.2. The molecule has 0 amide bonds. The summed E-state index contributed by atoms with van der Waals surface area (Å²) in [6.45, 7) is 6.90. The van der Waals surface area contributed by atoms with Gasteiger partial charge in [-0.3, -0.25) is 0 Å². The SMILES string of the molecule is C=CCC(Cc1ccccc1OC)NCC. The topological polar surface area (TPSA) is 21.3 Å². The molecule has 0 radical (unpaired) electrons. The third-order valence-corrected chi connectivity index (χ3v) is 2.60. The highest BCUT2D eigenvalue weighted by Gasteiger charge is 2.09. The van der Waals surface area contributed by atoms with Gasteiger partial charge in [0.2, 0.25) is 0 Å². The molecule has 2 nitrogen and oxygen atoms in total. The first-order chi connectivity index (χ1) is 7.81. The first kappa shape index (κ1) is 12.8. The van der Waals surface area contributed by atoms with Crippen LogP contribution >= 0.6 is 0 Å². The van der Waals surface area contributed by atoms with E-state index >= 15 is 0 Å². The maximum atomic E-state index is 5.35. The molecule has 1 aromatic carbocycles. The van der Waals surface area contributed by atoms with Gasteiger partial charge in [-0.15, -0.1) is 6.58 Å². The maximum Gasteiger partial charge on any atom is 0.122 e. The molecule has 2 heteroatoms. The van der Waals surface area contributed by atoms with Crippen LogP contribution in [-0.2, 0) is 6.42 Å². The van der Waals surface area contributed by atoms with E-state index in [1.54, 1.807) is 7.11 Å². The second kappa shape index (κ2) is 7.07. The van der Waals surface area contributed by atoms with Crippen LogP contribution in [0.25, 0.3) is 0 Å². The average Bonchev–Trinajstić information content (AvgIpc) is 2.30. The number of para-hydroxylation sites is 1. The molecule has 0 aromatic heterocycles. The minimum Gasteiger partial charge on any atom is -0.496 e. The van der Waals surface area contributed by atoms with Crippen molar-refractivity contribution in [1.82, 2.24) is 5.32 Å². The molecule has 0 aliphatic rings. The summed E-state index contributed by atoms with van der Waals surface area (Å²) in [5.41, 5.74) is 1.25. The van der Waals surface area contributed by atoms with Crippen molar-refractivity contribution in [3.8, 4) is 5.75 Å². The minimum atomic E-state index is 0.443. The summed E-state index contributed by atoms with van der Waals surface area (Å²) in [7, 11) is 1.72. The third-order valence-electron chi connectivity index (χ3n) is 2.60. The molecular formula is C14H21NO. The van der Waals surface area contributed by atoms with Crippen molar-refractivity contribution in [2.24, 2.45) is 0 Å². The average molecular weight is 219 g/mol. The van der Waals surface area contributed by atoms with Gasteiger partial charge in [-0.2, -0.15) is 0 Å². The molecule has 88 valence electrons. The largest absolute Gasteiger partial charge is 0.496 e. The molecule has 0 aliphatic carbocycles. The Bertz CT molecular complexity index is 322. The van der Waals surface area contributed by atoms with Gasteiger partial charge in [0.15, 0.2) is 0 Å². The Balaban J connectivity index is 2.71. The number of rotatable bonds is 7. The number of methoxy groups -OCH3 is 1. The maximum absolute atomic E-state index is 5.35. The van der Waals surface area contributed by atoms with E-state index in [4.69, 9.17) is 4.74 Å². The summed E-state index contributed by atoms with van der Waals surface area (Å²) in [6, 6.07) is 8.62. The Morgan fingerprint density at radius 3 is 2.81 bits per heavy atom. The van der Waals surface area contributed by atoms with Crippen molar-refractivity contribution in [3.63, 3.8) is 0 Å². The minimum absolute atomic E-state index is 0.443. The van der Waals surface area contributed by atoms with Gasteiger partial charge in [0.05, 0.1) is 7.11 Å². The van der Waals surface area contributed by atoms with Crippen molar-refractivity contribution >= 4 is 0 Å². The lowest BCUT2D eigenvalue weighted by Crippen LogP contribution is -2.30. The van der Waals surface area contributed by atoms with E-state index in [9.17, 15) is 0 Å². The number of hydrogen-bond acceptors (Lipinski definition) is 2. The van der Waals surface area contributed by atoms with Crippen LogP contribution in [0.2, 0.25) is 0 Å². The first-order valence-corrected chi connectivity index (χ1v) is 5.78. The molecule has 0 bridgehead atoms. The quantitative estimate of drug-likeness (QED) is 0.712. The number of nitrogens with one attached hydrogen (secondary N) is 1. The molecule has 0 saturated carbocycles. The van der Waals surface area contributed by atoms with Crippen LogP contribution in [-0.4, -0.2) is 19.7 Å². The van der Waals surface area contributed by atoms with E-state index in [2.05, 4.69) is 31.0 Å². The molecular weight excluding hydrogens is 198 g/mol. The van der Waals surface area contributed by atoms with Gasteiger partial charge in [-0.1, -0.05) is 31.2 Å². The normalized spacial score (nSPS) is 12.1. The summed E-state index contributed by atoms with van der Waals surface area (Å²) >= 11 is 0. The molecule has 1 unspecified atom stereocenters. The number of likely N-dealkylation sites (N-methyl/N-ethyl adjacent to an activating group) is 1. The highest BCUT2D eigenvalue weighted by Crippen LogP contribution is 2.19. The monoisotopic (exact) mass is 219 g/mol. The van der Waals surface area contributed by atoms with E-state index in [0.29, 0.717) is 6.04 Å². The molecule has 1 N–H and O–H groups in total. The Labute approximate surface area is 98.3 Å². The van der Waals surface area contributed by atoms with E-state index in [1.165, 1.54) is 5.56 Å².